The molecule has 0 radical (unpaired) electrons. The number of rotatable bonds is 7. The van der Waals surface area contributed by atoms with E-state index in [1.807, 2.05) is 18.2 Å². The Morgan fingerprint density at radius 2 is 1.94 bits per heavy atom. The minimum absolute atomic E-state index is 0.212. The van der Waals surface area contributed by atoms with E-state index in [-0.39, 0.29) is 17.5 Å². The van der Waals surface area contributed by atoms with Gasteiger partial charge < -0.3 is 19.7 Å². The number of carbonyl (C=O) groups is 1. The lowest BCUT2D eigenvalue weighted by Gasteiger charge is -2.39. The van der Waals surface area contributed by atoms with Crippen LogP contribution in [0.15, 0.2) is 52.9 Å². The largest absolute Gasteiger partial charge is 0.451 e. The molecule has 2 heterocycles. The minimum atomic E-state index is -0.860. The number of nitrogens with zero attached hydrogens (tertiary/aromatic N) is 1. The van der Waals surface area contributed by atoms with Crippen LogP contribution in [-0.2, 0) is 12.0 Å². The molecular weight excluding hydrogens is 407 g/mol. The Balaban J connectivity index is 1.40. The third kappa shape index (κ3) is 5.03. The monoisotopic (exact) mass is 438 g/mol. The predicted molar refractivity (Wildman–Crippen MR) is 123 cm³/mol. The van der Waals surface area contributed by atoms with E-state index in [2.05, 4.69) is 24.1 Å². The molecule has 3 aromatic rings. The Bertz CT molecular complexity index is 1080. The summed E-state index contributed by atoms with van der Waals surface area (Å²) in [5, 5.41) is 14.8. The predicted octanol–water partition coefficient (Wildman–Crippen LogP) is 4.48. The van der Waals surface area contributed by atoms with E-state index >= 15 is 0 Å². The molecule has 0 spiro atoms. The first-order valence-electron chi connectivity index (χ1n) is 11.3. The van der Waals surface area contributed by atoms with Gasteiger partial charge in [-0.2, -0.15) is 0 Å². The Morgan fingerprint density at radius 3 is 2.66 bits per heavy atom. The molecule has 1 fully saturated rings. The lowest BCUT2D eigenvalue weighted by atomic mass is 9.84. The average Bonchev–Trinajstić information content (AvgIpc) is 3.20. The number of amides is 1. The summed E-state index contributed by atoms with van der Waals surface area (Å²) in [6.07, 6.45) is 1.78. The van der Waals surface area contributed by atoms with E-state index in [1.165, 1.54) is 6.07 Å². The summed E-state index contributed by atoms with van der Waals surface area (Å²) in [6, 6.07) is 13.9. The maximum absolute atomic E-state index is 13.7. The van der Waals surface area contributed by atoms with Gasteiger partial charge in [0.1, 0.15) is 11.4 Å². The van der Waals surface area contributed by atoms with E-state index in [4.69, 9.17) is 4.42 Å². The summed E-state index contributed by atoms with van der Waals surface area (Å²) < 4.78 is 19.4. The van der Waals surface area contributed by atoms with E-state index in [0.717, 1.165) is 30.6 Å². The molecule has 170 valence electrons. The molecule has 0 unspecified atom stereocenters. The summed E-state index contributed by atoms with van der Waals surface area (Å²) in [7, 11) is 0. The van der Waals surface area contributed by atoms with Crippen LogP contribution in [0.1, 0.15) is 48.4 Å². The number of hydrogen-bond donors (Lipinski definition) is 2. The SMILES string of the molecule is CC(C)CN1CCC(O)(c2ccc3oc(C(=O)NCCc4ccccc4F)cc3c2)CC1. The summed E-state index contributed by atoms with van der Waals surface area (Å²) in [6.45, 7) is 7.52. The van der Waals surface area contributed by atoms with E-state index < -0.39 is 5.60 Å². The maximum Gasteiger partial charge on any atom is 0.287 e. The summed E-state index contributed by atoms with van der Waals surface area (Å²) in [5.74, 6) is 0.218. The first-order valence-corrected chi connectivity index (χ1v) is 11.3. The molecule has 1 aliphatic rings. The van der Waals surface area contributed by atoms with Crippen LogP contribution >= 0.6 is 0 Å². The van der Waals surface area contributed by atoms with Crippen LogP contribution in [-0.4, -0.2) is 42.1 Å². The smallest absolute Gasteiger partial charge is 0.287 e. The number of fused-ring (bicyclic) bond motifs is 1. The number of likely N-dealkylation sites (tertiary alicyclic amines) is 1. The first kappa shape index (κ1) is 22.5. The van der Waals surface area contributed by atoms with Gasteiger partial charge >= 0.3 is 0 Å². The van der Waals surface area contributed by atoms with Crippen molar-refractivity contribution in [2.45, 2.75) is 38.7 Å². The second-order valence-electron chi connectivity index (χ2n) is 9.19. The molecule has 1 aliphatic heterocycles. The molecule has 1 amide bonds. The number of aliphatic hydroxyl groups is 1. The van der Waals surface area contributed by atoms with Crippen LogP contribution in [0.5, 0.6) is 0 Å². The fourth-order valence-corrected chi connectivity index (χ4v) is 4.45. The molecular formula is C26H31FN2O3. The number of nitrogens with one attached hydrogen (secondary N) is 1. The lowest BCUT2D eigenvalue weighted by molar-refractivity contribution is -0.0278. The molecule has 5 nitrogen and oxygen atoms in total. The number of benzene rings is 2. The minimum Gasteiger partial charge on any atom is -0.451 e. The molecule has 1 saturated heterocycles. The van der Waals surface area contributed by atoms with E-state index in [1.54, 1.807) is 24.3 Å². The zero-order valence-corrected chi connectivity index (χ0v) is 18.7. The molecule has 2 aromatic carbocycles. The van der Waals surface area contributed by atoms with Gasteiger partial charge in [-0.1, -0.05) is 38.1 Å². The van der Waals surface area contributed by atoms with E-state index in [9.17, 15) is 14.3 Å². The van der Waals surface area contributed by atoms with Crippen molar-refractivity contribution in [1.82, 2.24) is 10.2 Å². The van der Waals surface area contributed by atoms with Crippen LogP contribution < -0.4 is 5.32 Å². The van der Waals surface area contributed by atoms with Crippen molar-refractivity contribution < 1.29 is 18.7 Å². The maximum atomic E-state index is 13.7. The average molecular weight is 439 g/mol. The number of halogens is 1. The molecule has 4 rings (SSSR count). The molecule has 6 heteroatoms. The number of piperidine rings is 1. The number of furan rings is 1. The third-order valence-electron chi connectivity index (χ3n) is 6.22. The summed E-state index contributed by atoms with van der Waals surface area (Å²) in [4.78, 5) is 14.9. The third-order valence-corrected chi connectivity index (χ3v) is 6.22. The zero-order valence-electron chi connectivity index (χ0n) is 18.7. The van der Waals surface area contributed by atoms with Crippen molar-refractivity contribution in [3.05, 3.63) is 71.2 Å². The Hall–Kier alpha value is -2.70. The zero-order chi connectivity index (χ0) is 22.7. The highest BCUT2D eigenvalue weighted by atomic mass is 19.1. The Labute approximate surface area is 188 Å². The first-order chi connectivity index (χ1) is 15.3. The highest BCUT2D eigenvalue weighted by Crippen LogP contribution is 2.35. The van der Waals surface area contributed by atoms with Crippen LogP contribution in [0.25, 0.3) is 11.0 Å². The topological polar surface area (TPSA) is 65.7 Å². The van der Waals surface area contributed by atoms with Gasteiger partial charge in [0.05, 0.1) is 5.60 Å². The second kappa shape index (κ2) is 9.43. The quantitative estimate of drug-likeness (QED) is 0.571. The second-order valence-corrected chi connectivity index (χ2v) is 9.19. The molecule has 0 saturated carbocycles. The fourth-order valence-electron chi connectivity index (χ4n) is 4.45. The van der Waals surface area contributed by atoms with Gasteiger partial charge in [0.15, 0.2) is 5.76 Å². The molecule has 0 aliphatic carbocycles. The number of hydrogen-bond acceptors (Lipinski definition) is 4. The molecule has 2 N–H and O–H groups in total. The fraction of sp³-hybridized carbons (Fsp3) is 0.423. The van der Waals surface area contributed by atoms with Crippen LogP contribution in [0.4, 0.5) is 4.39 Å². The van der Waals surface area contributed by atoms with Gasteiger partial charge in [0, 0.05) is 31.6 Å². The molecule has 32 heavy (non-hydrogen) atoms. The number of carbonyl (C=O) groups excluding carboxylic acids is 1. The van der Waals surface area contributed by atoms with Gasteiger partial charge in [0.25, 0.3) is 5.91 Å². The van der Waals surface area contributed by atoms with Crippen molar-refractivity contribution >= 4 is 16.9 Å². The van der Waals surface area contributed by atoms with Crippen molar-refractivity contribution in [2.75, 3.05) is 26.2 Å². The van der Waals surface area contributed by atoms with Crippen molar-refractivity contribution in [2.24, 2.45) is 5.92 Å². The van der Waals surface area contributed by atoms with Gasteiger partial charge in [-0.3, -0.25) is 4.79 Å². The van der Waals surface area contributed by atoms with Crippen LogP contribution in [0.3, 0.4) is 0 Å². The molecule has 0 atom stereocenters. The standard InChI is InChI=1S/C26H31FN2O3/c1-18(2)17-29-13-10-26(31,11-14-29)21-7-8-23-20(15-21)16-24(32-23)25(30)28-12-9-19-5-3-4-6-22(19)27/h3-8,15-16,18,31H,9-14,17H2,1-2H3,(H,28,30). The normalized spacial score (nSPS) is 16.5. The molecule has 0 bridgehead atoms. The van der Waals surface area contributed by atoms with Gasteiger partial charge in [-0.05, 0) is 60.6 Å². The Kier molecular flexibility index (Phi) is 6.63. The highest BCUT2D eigenvalue weighted by Gasteiger charge is 2.34. The highest BCUT2D eigenvalue weighted by molar-refractivity contribution is 5.96. The van der Waals surface area contributed by atoms with Gasteiger partial charge in [-0.15, -0.1) is 0 Å². The van der Waals surface area contributed by atoms with Crippen molar-refractivity contribution in [3.63, 3.8) is 0 Å². The van der Waals surface area contributed by atoms with Gasteiger partial charge in [-0.25, -0.2) is 4.39 Å². The summed E-state index contributed by atoms with van der Waals surface area (Å²) in [5.41, 5.74) is 1.17. The summed E-state index contributed by atoms with van der Waals surface area (Å²) >= 11 is 0. The van der Waals surface area contributed by atoms with Crippen LogP contribution in [0.2, 0.25) is 0 Å². The Morgan fingerprint density at radius 1 is 1.19 bits per heavy atom. The van der Waals surface area contributed by atoms with Crippen LogP contribution in [0, 0.1) is 11.7 Å². The van der Waals surface area contributed by atoms with E-state index in [0.29, 0.717) is 42.9 Å². The van der Waals surface area contributed by atoms with Crippen molar-refractivity contribution in [1.29, 1.82) is 0 Å². The lowest BCUT2D eigenvalue weighted by Crippen LogP contribution is -2.43. The van der Waals surface area contributed by atoms with Crippen molar-refractivity contribution in [3.8, 4) is 0 Å². The van der Waals surface area contributed by atoms with Gasteiger partial charge in [0.2, 0.25) is 0 Å². The molecule has 1 aromatic heterocycles.